The summed E-state index contributed by atoms with van der Waals surface area (Å²) in [6.45, 7) is 6.87. The van der Waals surface area contributed by atoms with Crippen LogP contribution in [0.4, 0.5) is 0 Å². The first-order chi connectivity index (χ1) is 12.8. The molecule has 1 aliphatic carbocycles. The molecule has 2 saturated heterocycles. The van der Waals surface area contributed by atoms with Crippen molar-refractivity contribution in [3.63, 3.8) is 0 Å². The number of nitrogens with one attached hydrogen (secondary N) is 2. The summed E-state index contributed by atoms with van der Waals surface area (Å²) in [6, 6.07) is 0.430. The van der Waals surface area contributed by atoms with Crippen LogP contribution < -0.4 is 10.6 Å². The van der Waals surface area contributed by atoms with Crippen LogP contribution in [0.5, 0.6) is 0 Å². The number of guanidine groups is 1. The molecule has 3 unspecified atom stereocenters. The second kappa shape index (κ2) is 9.12. The first kappa shape index (κ1) is 20.9. The van der Waals surface area contributed by atoms with E-state index >= 15 is 0 Å². The number of rotatable bonds is 5. The van der Waals surface area contributed by atoms with Gasteiger partial charge in [0.15, 0.2) is 15.8 Å². The molecule has 3 atom stereocenters. The molecule has 6 nitrogen and oxygen atoms in total. The van der Waals surface area contributed by atoms with Crippen molar-refractivity contribution in [3.8, 4) is 0 Å². The van der Waals surface area contributed by atoms with Crippen molar-refractivity contribution in [2.45, 2.75) is 77.4 Å². The third-order valence-electron chi connectivity index (χ3n) is 6.15. The van der Waals surface area contributed by atoms with Gasteiger partial charge in [-0.1, -0.05) is 20.3 Å². The maximum atomic E-state index is 11.7. The molecule has 156 valence electrons. The smallest absolute Gasteiger partial charge is 0.191 e. The van der Waals surface area contributed by atoms with Gasteiger partial charge < -0.3 is 15.4 Å². The zero-order valence-electron chi connectivity index (χ0n) is 17.0. The third kappa shape index (κ3) is 6.93. The van der Waals surface area contributed by atoms with Crippen molar-refractivity contribution in [2.75, 3.05) is 31.2 Å². The van der Waals surface area contributed by atoms with Crippen LogP contribution in [0.1, 0.15) is 65.2 Å². The molecule has 2 N–H and O–H groups in total. The van der Waals surface area contributed by atoms with Gasteiger partial charge in [0.2, 0.25) is 0 Å². The first-order valence-electron chi connectivity index (χ1n) is 10.7. The number of sulfone groups is 1. The first-order valence-corrected chi connectivity index (χ1v) is 12.5. The van der Waals surface area contributed by atoms with Gasteiger partial charge in [0.1, 0.15) is 0 Å². The highest BCUT2D eigenvalue weighted by Gasteiger charge is 2.30. The zero-order chi connectivity index (χ0) is 19.3. The Hall–Kier alpha value is -0.820. The van der Waals surface area contributed by atoms with Gasteiger partial charge in [0, 0.05) is 25.7 Å². The van der Waals surface area contributed by atoms with Crippen LogP contribution in [0.3, 0.4) is 0 Å². The molecule has 0 radical (unpaired) electrons. The standard InChI is InChI=1S/C20H37N3O3S/c1-20(2)9-5-6-17(12-20)23-19(22-14-18-7-3-4-10-26-18)21-13-16-8-11-27(24,25)15-16/h16-18H,3-15H2,1-2H3,(H2,21,22,23). The lowest BCUT2D eigenvalue weighted by atomic mass is 9.75. The minimum Gasteiger partial charge on any atom is -0.376 e. The fourth-order valence-corrected chi connectivity index (χ4v) is 6.43. The third-order valence-corrected chi connectivity index (χ3v) is 7.99. The summed E-state index contributed by atoms with van der Waals surface area (Å²) < 4.78 is 29.3. The van der Waals surface area contributed by atoms with Crippen LogP contribution in [0, 0.1) is 11.3 Å². The maximum Gasteiger partial charge on any atom is 0.191 e. The van der Waals surface area contributed by atoms with Crippen LogP contribution in [0.15, 0.2) is 4.99 Å². The summed E-state index contributed by atoms with van der Waals surface area (Å²) in [6.07, 6.45) is 9.30. The molecule has 3 aliphatic rings. The van der Waals surface area contributed by atoms with E-state index in [4.69, 9.17) is 9.73 Å². The zero-order valence-corrected chi connectivity index (χ0v) is 17.8. The van der Waals surface area contributed by atoms with Crippen LogP contribution in [-0.4, -0.2) is 57.7 Å². The van der Waals surface area contributed by atoms with E-state index in [-0.39, 0.29) is 17.8 Å². The van der Waals surface area contributed by atoms with E-state index in [2.05, 4.69) is 24.5 Å². The molecule has 0 aromatic carbocycles. The lowest BCUT2D eigenvalue weighted by molar-refractivity contribution is 0.0193. The molecule has 0 aromatic heterocycles. The molecule has 3 fully saturated rings. The minimum atomic E-state index is -2.85. The van der Waals surface area contributed by atoms with Crippen LogP contribution in [-0.2, 0) is 14.6 Å². The van der Waals surface area contributed by atoms with Crippen LogP contribution in [0.2, 0.25) is 0 Å². The Bertz CT molecular complexity index is 612. The SMILES string of the molecule is CC1(C)CCCC(NC(=NCC2CCS(=O)(=O)C2)NCC2CCCCO2)C1. The quantitative estimate of drug-likeness (QED) is 0.548. The largest absolute Gasteiger partial charge is 0.376 e. The van der Waals surface area contributed by atoms with Gasteiger partial charge >= 0.3 is 0 Å². The normalized spacial score (nSPS) is 33.6. The monoisotopic (exact) mass is 399 g/mol. The summed E-state index contributed by atoms with van der Waals surface area (Å²) in [5, 5.41) is 7.10. The Kier molecular flexibility index (Phi) is 7.06. The average molecular weight is 400 g/mol. The average Bonchev–Trinajstić information content (AvgIpc) is 2.96. The van der Waals surface area contributed by atoms with Gasteiger partial charge in [0.05, 0.1) is 17.6 Å². The van der Waals surface area contributed by atoms with E-state index in [0.717, 1.165) is 44.8 Å². The van der Waals surface area contributed by atoms with E-state index in [9.17, 15) is 8.42 Å². The van der Waals surface area contributed by atoms with E-state index in [1.54, 1.807) is 0 Å². The van der Waals surface area contributed by atoms with Crippen molar-refractivity contribution in [1.82, 2.24) is 10.6 Å². The van der Waals surface area contributed by atoms with Gasteiger partial charge in [-0.3, -0.25) is 4.99 Å². The molecule has 2 heterocycles. The second-order valence-corrected chi connectivity index (χ2v) is 11.7. The Labute approximate surface area is 164 Å². The van der Waals surface area contributed by atoms with Crippen molar-refractivity contribution in [3.05, 3.63) is 0 Å². The second-order valence-electron chi connectivity index (χ2n) is 9.43. The Morgan fingerprint density at radius 1 is 1.19 bits per heavy atom. The molecule has 27 heavy (non-hydrogen) atoms. The van der Waals surface area contributed by atoms with Crippen LogP contribution >= 0.6 is 0 Å². The molecule has 0 amide bonds. The predicted octanol–water partition coefficient (Wildman–Crippen LogP) is 2.49. The van der Waals surface area contributed by atoms with Crippen molar-refractivity contribution in [1.29, 1.82) is 0 Å². The Balaban J connectivity index is 1.57. The lowest BCUT2D eigenvalue weighted by Crippen LogP contribution is -2.48. The van der Waals surface area contributed by atoms with E-state index in [0.29, 0.717) is 23.8 Å². The summed E-state index contributed by atoms with van der Waals surface area (Å²) in [5.41, 5.74) is 0.368. The van der Waals surface area contributed by atoms with E-state index < -0.39 is 9.84 Å². The van der Waals surface area contributed by atoms with Gasteiger partial charge in [-0.25, -0.2) is 8.42 Å². The van der Waals surface area contributed by atoms with Gasteiger partial charge in [0.25, 0.3) is 0 Å². The van der Waals surface area contributed by atoms with Gasteiger partial charge in [-0.15, -0.1) is 0 Å². The molecule has 0 spiro atoms. The highest BCUT2D eigenvalue weighted by molar-refractivity contribution is 7.91. The summed E-state index contributed by atoms with van der Waals surface area (Å²) >= 11 is 0. The molecular formula is C20H37N3O3S. The molecule has 0 bridgehead atoms. The molecule has 7 heteroatoms. The van der Waals surface area contributed by atoms with E-state index in [1.165, 1.54) is 25.7 Å². The number of ether oxygens (including phenoxy) is 1. The fourth-order valence-electron chi connectivity index (χ4n) is 4.58. The molecular weight excluding hydrogens is 362 g/mol. The van der Waals surface area contributed by atoms with Crippen molar-refractivity contribution in [2.24, 2.45) is 16.3 Å². The minimum absolute atomic E-state index is 0.155. The topological polar surface area (TPSA) is 79.8 Å². The molecule has 1 saturated carbocycles. The van der Waals surface area contributed by atoms with Crippen LogP contribution in [0.25, 0.3) is 0 Å². The lowest BCUT2D eigenvalue weighted by Gasteiger charge is -2.36. The van der Waals surface area contributed by atoms with Crippen molar-refractivity contribution >= 4 is 15.8 Å². The summed E-state index contributed by atoms with van der Waals surface area (Å²) in [4.78, 5) is 4.77. The molecule has 2 aliphatic heterocycles. The Morgan fingerprint density at radius 3 is 2.70 bits per heavy atom. The number of hydrogen-bond donors (Lipinski definition) is 2. The number of hydrogen-bond acceptors (Lipinski definition) is 4. The predicted molar refractivity (Wildman–Crippen MR) is 110 cm³/mol. The highest BCUT2D eigenvalue weighted by atomic mass is 32.2. The Morgan fingerprint density at radius 2 is 2.04 bits per heavy atom. The molecule has 3 rings (SSSR count). The van der Waals surface area contributed by atoms with Gasteiger partial charge in [-0.2, -0.15) is 0 Å². The fraction of sp³-hybridized carbons (Fsp3) is 0.950. The summed E-state index contributed by atoms with van der Waals surface area (Å²) in [5.74, 6) is 1.58. The molecule has 0 aromatic rings. The maximum absolute atomic E-state index is 11.7. The van der Waals surface area contributed by atoms with E-state index in [1.807, 2.05) is 0 Å². The number of nitrogens with zero attached hydrogens (tertiary/aromatic N) is 1. The van der Waals surface area contributed by atoms with Gasteiger partial charge in [-0.05, 0) is 56.3 Å². The highest BCUT2D eigenvalue weighted by Crippen LogP contribution is 2.35. The number of aliphatic imine (C=N–C) groups is 1. The summed E-state index contributed by atoms with van der Waals surface area (Å²) in [7, 11) is -2.85. The van der Waals surface area contributed by atoms with Crippen molar-refractivity contribution < 1.29 is 13.2 Å².